The van der Waals surface area contributed by atoms with Gasteiger partial charge in [0.2, 0.25) is 5.13 Å². The van der Waals surface area contributed by atoms with Crippen LogP contribution in [-0.2, 0) is 6.54 Å². The maximum absolute atomic E-state index is 12.4. The SMILES string of the molecule is Cc1nn(CC(C)C)c(Cl)c1C(=O)Nc1nnc(C2CC2)s1. The maximum Gasteiger partial charge on any atom is 0.262 e. The van der Waals surface area contributed by atoms with E-state index in [0.717, 1.165) is 17.8 Å². The molecule has 3 rings (SSSR count). The Bertz CT molecular complexity index is 704. The molecule has 8 heteroatoms. The molecule has 0 spiro atoms. The lowest BCUT2D eigenvalue weighted by atomic mass is 10.2. The van der Waals surface area contributed by atoms with Gasteiger partial charge in [0.25, 0.3) is 5.91 Å². The number of hydrogen-bond acceptors (Lipinski definition) is 5. The number of nitrogens with one attached hydrogen (secondary N) is 1. The molecule has 0 atom stereocenters. The van der Waals surface area contributed by atoms with Gasteiger partial charge in [0.1, 0.15) is 10.2 Å². The Morgan fingerprint density at radius 1 is 1.45 bits per heavy atom. The molecule has 2 heterocycles. The third-order valence-corrected chi connectivity index (χ3v) is 4.80. The van der Waals surface area contributed by atoms with Crippen molar-refractivity contribution in [2.75, 3.05) is 5.32 Å². The first kappa shape index (κ1) is 15.4. The van der Waals surface area contributed by atoms with Crippen LogP contribution in [0.15, 0.2) is 0 Å². The van der Waals surface area contributed by atoms with Crippen LogP contribution < -0.4 is 5.32 Å². The number of aryl methyl sites for hydroxylation is 1. The molecule has 6 nitrogen and oxygen atoms in total. The Hall–Kier alpha value is -1.47. The van der Waals surface area contributed by atoms with Crippen LogP contribution in [0.1, 0.15) is 53.7 Å². The van der Waals surface area contributed by atoms with Crippen molar-refractivity contribution in [2.45, 2.75) is 46.1 Å². The molecule has 1 aliphatic rings. The van der Waals surface area contributed by atoms with E-state index in [1.807, 2.05) is 0 Å². The second kappa shape index (κ2) is 5.96. The molecule has 22 heavy (non-hydrogen) atoms. The maximum atomic E-state index is 12.4. The minimum Gasteiger partial charge on any atom is -0.296 e. The lowest BCUT2D eigenvalue weighted by Gasteiger charge is -2.06. The van der Waals surface area contributed by atoms with Crippen molar-refractivity contribution in [1.82, 2.24) is 20.0 Å². The number of halogens is 1. The molecular weight excluding hydrogens is 322 g/mol. The Labute approximate surface area is 137 Å². The van der Waals surface area contributed by atoms with Gasteiger partial charge in [0, 0.05) is 12.5 Å². The molecule has 0 unspecified atom stereocenters. The number of rotatable bonds is 5. The summed E-state index contributed by atoms with van der Waals surface area (Å²) in [4.78, 5) is 12.4. The summed E-state index contributed by atoms with van der Waals surface area (Å²) in [6, 6.07) is 0. The number of carbonyl (C=O) groups excluding carboxylic acids is 1. The second-order valence-electron chi connectivity index (χ2n) is 6.00. The monoisotopic (exact) mass is 339 g/mol. The number of hydrogen-bond donors (Lipinski definition) is 1. The highest BCUT2D eigenvalue weighted by Crippen LogP contribution is 2.42. The summed E-state index contributed by atoms with van der Waals surface area (Å²) in [7, 11) is 0. The van der Waals surface area contributed by atoms with E-state index in [4.69, 9.17) is 11.6 Å². The zero-order valence-corrected chi connectivity index (χ0v) is 14.3. The summed E-state index contributed by atoms with van der Waals surface area (Å²) in [6.45, 7) is 6.62. The first-order valence-corrected chi connectivity index (χ1v) is 8.52. The van der Waals surface area contributed by atoms with E-state index in [0.29, 0.717) is 39.9 Å². The van der Waals surface area contributed by atoms with Gasteiger partial charge in [0.05, 0.1) is 11.3 Å². The Balaban J connectivity index is 1.77. The van der Waals surface area contributed by atoms with Crippen molar-refractivity contribution < 1.29 is 4.79 Å². The summed E-state index contributed by atoms with van der Waals surface area (Å²) < 4.78 is 1.67. The van der Waals surface area contributed by atoms with Crippen LogP contribution >= 0.6 is 22.9 Å². The standard InChI is InChI=1S/C14H18ClN5OS/c1-7(2)6-20-11(15)10(8(3)19-20)12(21)16-14-18-17-13(22-14)9-4-5-9/h7,9H,4-6H2,1-3H3,(H,16,18,21). The van der Waals surface area contributed by atoms with Crippen LogP contribution in [0.5, 0.6) is 0 Å². The number of nitrogens with zero attached hydrogens (tertiary/aromatic N) is 4. The fourth-order valence-electron chi connectivity index (χ4n) is 2.22. The molecule has 0 radical (unpaired) electrons. The largest absolute Gasteiger partial charge is 0.296 e. The van der Waals surface area contributed by atoms with Crippen LogP contribution in [0.3, 0.4) is 0 Å². The molecule has 0 aromatic carbocycles. The third-order valence-electron chi connectivity index (χ3n) is 3.42. The molecular formula is C14H18ClN5OS. The van der Waals surface area contributed by atoms with Crippen LogP contribution in [-0.4, -0.2) is 25.9 Å². The van der Waals surface area contributed by atoms with Gasteiger partial charge in [-0.25, -0.2) is 0 Å². The highest BCUT2D eigenvalue weighted by Gasteiger charge is 2.28. The van der Waals surface area contributed by atoms with Gasteiger partial charge in [-0.3, -0.25) is 14.8 Å². The first-order chi connectivity index (χ1) is 10.5. The van der Waals surface area contributed by atoms with E-state index >= 15 is 0 Å². The summed E-state index contributed by atoms with van der Waals surface area (Å²) in [5, 5.41) is 17.1. The topological polar surface area (TPSA) is 72.7 Å². The van der Waals surface area contributed by atoms with Crippen LogP contribution in [0.4, 0.5) is 5.13 Å². The van der Waals surface area contributed by atoms with Crippen molar-refractivity contribution >= 4 is 34.0 Å². The van der Waals surface area contributed by atoms with Crippen molar-refractivity contribution in [3.63, 3.8) is 0 Å². The van der Waals surface area contributed by atoms with Crippen LogP contribution in [0.2, 0.25) is 5.15 Å². The summed E-state index contributed by atoms with van der Waals surface area (Å²) >= 11 is 7.74. The van der Waals surface area contributed by atoms with Crippen molar-refractivity contribution in [3.8, 4) is 0 Å². The molecule has 2 aromatic heterocycles. The van der Waals surface area contributed by atoms with Crippen molar-refractivity contribution in [1.29, 1.82) is 0 Å². The van der Waals surface area contributed by atoms with E-state index in [1.54, 1.807) is 11.6 Å². The normalized spacial score (nSPS) is 14.6. The van der Waals surface area contributed by atoms with E-state index in [2.05, 4.69) is 34.5 Å². The molecule has 1 amide bonds. The van der Waals surface area contributed by atoms with Gasteiger partial charge in [-0.1, -0.05) is 36.8 Å². The Kier molecular flexibility index (Phi) is 4.18. The van der Waals surface area contributed by atoms with Gasteiger partial charge in [-0.2, -0.15) is 5.10 Å². The highest BCUT2D eigenvalue weighted by molar-refractivity contribution is 7.15. The van der Waals surface area contributed by atoms with Gasteiger partial charge in [-0.05, 0) is 25.7 Å². The highest BCUT2D eigenvalue weighted by atomic mass is 35.5. The fourth-order valence-corrected chi connectivity index (χ4v) is 3.45. The predicted octanol–water partition coefficient (Wildman–Crippen LogP) is 3.48. The average molecular weight is 340 g/mol. The first-order valence-electron chi connectivity index (χ1n) is 7.33. The molecule has 1 saturated carbocycles. The third kappa shape index (κ3) is 3.15. The van der Waals surface area contributed by atoms with E-state index in [-0.39, 0.29) is 5.91 Å². The van der Waals surface area contributed by atoms with Crippen LogP contribution in [0.25, 0.3) is 0 Å². The smallest absolute Gasteiger partial charge is 0.262 e. The lowest BCUT2D eigenvalue weighted by molar-refractivity contribution is 0.102. The Morgan fingerprint density at radius 2 is 2.18 bits per heavy atom. The van der Waals surface area contributed by atoms with E-state index in [9.17, 15) is 4.79 Å². The molecule has 0 saturated heterocycles. The van der Waals surface area contributed by atoms with E-state index in [1.165, 1.54) is 11.3 Å². The zero-order chi connectivity index (χ0) is 15.9. The van der Waals surface area contributed by atoms with Gasteiger partial charge < -0.3 is 0 Å². The lowest BCUT2D eigenvalue weighted by Crippen LogP contribution is -2.13. The Morgan fingerprint density at radius 3 is 2.82 bits per heavy atom. The molecule has 1 N–H and O–H groups in total. The number of aromatic nitrogens is 4. The number of anilines is 1. The van der Waals surface area contributed by atoms with Gasteiger partial charge in [-0.15, -0.1) is 10.2 Å². The molecule has 0 aliphatic heterocycles. The minimum atomic E-state index is -0.281. The molecule has 118 valence electrons. The second-order valence-corrected chi connectivity index (χ2v) is 7.37. The summed E-state index contributed by atoms with van der Waals surface area (Å²) in [5.41, 5.74) is 1.03. The van der Waals surface area contributed by atoms with Crippen molar-refractivity contribution in [3.05, 3.63) is 21.4 Å². The van der Waals surface area contributed by atoms with Gasteiger partial charge >= 0.3 is 0 Å². The minimum absolute atomic E-state index is 0.281. The summed E-state index contributed by atoms with van der Waals surface area (Å²) in [6.07, 6.45) is 2.32. The molecule has 0 bridgehead atoms. The van der Waals surface area contributed by atoms with Crippen LogP contribution in [0, 0.1) is 12.8 Å². The quantitative estimate of drug-likeness (QED) is 0.905. The van der Waals surface area contributed by atoms with Crippen molar-refractivity contribution in [2.24, 2.45) is 5.92 Å². The fraction of sp³-hybridized carbons (Fsp3) is 0.571. The average Bonchev–Trinajstić information content (AvgIpc) is 3.11. The predicted molar refractivity (Wildman–Crippen MR) is 86.6 cm³/mol. The molecule has 2 aromatic rings. The zero-order valence-electron chi connectivity index (χ0n) is 12.8. The summed E-state index contributed by atoms with van der Waals surface area (Å²) in [5.74, 6) is 0.648. The molecule has 1 fully saturated rings. The van der Waals surface area contributed by atoms with Gasteiger partial charge in [0.15, 0.2) is 0 Å². The van der Waals surface area contributed by atoms with E-state index < -0.39 is 0 Å². The number of amides is 1. The number of carbonyl (C=O) groups is 1. The molecule has 1 aliphatic carbocycles.